The van der Waals surface area contributed by atoms with E-state index in [2.05, 4.69) is 29.2 Å². The topological polar surface area (TPSA) is 40.6 Å². The Balaban J connectivity index is 1.52. The number of nitrogens with zero attached hydrogens (tertiary/aromatic N) is 1. The quantitative estimate of drug-likeness (QED) is 0.488. The van der Waals surface area contributed by atoms with Gasteiger partial charge in [-0.2, -0.15) is 0 Å². The van der Waals surface area contributed by atoms with Crippen molar-refractivity contribution in [3.63, 3.8) is 0 Å². The fourth-order valence-corrected chi connectivity index (χ4v) is 4.78. The number of hydrogen-bond acceptors (Lipinski definition) is 4. The van der Waals surface area contributed by atoms with Gasteiger partial charge < -0.3 is 14.2 Å². The van der Waals surface area contributed by atoms with Crippen molar-refractivity contribution in [3.05, 3.63) is 53.9 Å². The van der Waals surface area contributed by atoms with E-state index >= 15 is 0 Å². The Hall–Kier alpha value is -2.07. The van der Waals surface area contributed by atoms with Crippen LogP contribution in [0.1, 0.15) is 75.0 Å². The van der Waals surface area contributed by atoms with Gasteiger partial charge in [0.15, 0.2) is 11.5 Å². The molecule has 4 heteroatoms. The second-order valence-electron chi connectivity index (χ2n) is 8.82. The third-order valence-electron chi connectivity index (χ3n) is 6.58. The molecule has 1 aromatic heterocycles. The van der Waals surface area contributed by atoms with Crippen molar-refractivity contribution in [3.8, 4) is 11.5 Å². The molecule has 0 aliphatic heterocycles. The fourth-order valence-electron chi connectivity index (χ4n) is 4.78. The highest BCUT2D eigenvalue weighted by molar-refractivity contribution is 5.44. The fraction of sp³-hybridized carbons (Fsp3) is 0.577. The summed E-state index contributed by atoms with van der Waals surface area (Å²) >= 11 is 0. The van der Waals surface area contributed by atoms with Crippen LogP contribution in [0.3, 0.4) is 0 Å². The first-order chi connectivity index (χ1) is 14.8. The molecule has 0 bridgehead atoms. The van der Waals surface area contributed by atoms with Crippen molar-refractivity contribution in [2.45, 2.75) is 76.4 Å². The summed E-state index contributed by atoms with van der Waals surface area (Å²) < 4.78 is 18.5. The molecule has 2 fully saturated rings. The first-order valence-corrected chi connectivity index (χ1v) is 11.7. The van der Waals surface area contributed by atoms with Crippen molar-refractivity contribution >= 4 is 0 Å². The second kappa shape index (κ2) is 10.8. The van der Waals surface area contributed by atoms with Gasteiger partial charge in [-0.25, -0.2) is 0 Å². The molecule has 2 aliphatic carbocycles. The highest BCUT2D eigenvalue weighted by Crippen LogP contribution is 2.36. The van der Waals surface area contributed by atoms with Gasteiger partial charge in [0, 0.05) is 18.8 Å². The molecule has 162 valence electrons. The third-order valence-corrected chi connectivity index (χ3v) is 6.58. The average molecular weight is 410 g/mol. The smallest absolute Gasteiger partial charge is 0.161 e. The molecule has 0 amide bonds. The summed E-state index contributed by atoms with van der Waals surface area (Å²) in [5.74, 6) is 2.34. The van der Waals surface area contributed by atoms with Gasteiger partial charge in [-0.3, -0.25) is 4.98 Å². The van der Waals surface area contributed by atoms with Crippen LogP contribution in [-0.2, 0) is 11.2 Å². The number of pyridine rings is 1. The molecule has 2 saturated carbocycles. The van der Waals surface area contributed by atoms with Crippen molar-refractivity contribution in [1.29, 1.82) is 0 Å². The van der Waals surface area contributed by atoms with Crippen LogP contribution in [0, 0.1) is 5.92 Å². The van der Waals surface area contributed by atoms with Crippen molar-refractivity contribution < 1.29 is 14.2 Å². The molecule has 0 radical (unpaired) electrons. The molecule has 4 rings (SSSR count). The van der Waals surface area contributed by atoms with Gasteiger partial charge in [0.05, 0.1) is 25.9 Å². The van der Waals surface area contributed by atoms with E-state index in [1.54, 1.807) is 7.11 Å². The Kier molecular flexibility index (Phi) is 7.63. The third kappa shape index (κ3) is 5.75. The van der Waals surface area contributed by atoms with Crippen LogP contribution in [-0.4, -0.2) is 24.8 Å². The standard InChI is InChI=1S/C26H35NO3/c1-28-24-12-11-22(18-26(24)30-23-9-5-6-10-23)25(17-20-13-15-27-16-14-20)29-19-21-7-3-2-4-8-21/h11-16,18,21,23,25H,2-10,17,19H2,1H3. The summed E-state index contributed by atoms with van der Waals surface area (Å²) in [5, 5.41) is 0. The van der Waals surface area contributed by atoms with E-state index < -0.39 is 0 Å². The summed E-state index contributed by atoms with van der Waals surface area (Å²) in [6.45, 7) is 0.834. The van der Waals surface area contributed by atoms with E-state index in [0.29, 0.717) is 12.0 Å². The molecule has 0 spiro atoms. The SMILES string of the molecule is COc1ccc(C(Cc2ccncc2)OCC2CCCCC2)cc1OC1CCCC1. The highest BCUT2D eigenvalue weighted by Gasteiger charge is 2.22. The van der Waals surface area contributed by atoms with E-state index in [1.165, 1.54) is 50.5 Å². The van der Waals surface area contributed by atoms with Crippen LogP contribution in [0.5, 0.6) is 11.5 Å². The monoisotopic (exact) mass is 409 g/mol. The predicted octanol–water partition coefficient (Wildman–Crippen LogP) is 6.29. The Labute approximate surface area is 181 Å². The summed E-state index contributed by atoms with van der Waals surface area (Å²) in [7, 11) is 1.71. The molecule has 1 heterocycles. The maximum Gasteiger partial charge on any atom is 0.161 e. The minimum Gasteiger partial charge on any atom is -0.493 e. The number of rotatable bonds is 9. The van der Waals surface area contributed by atoms with Crippen LogP contribution in [0.15, 0.2) is 42.7 Å². The number of hydrogen-bond donors (Lipinski definition) is 0. The molecular formula is C26H35NO3. The lowest BCUT2D eigenvalue weighted by molar-refractivity contribution is 0.0196. The zero-order valence-electron chi connectivity index (χ0n) is 18.2. The molecule has 2 aromatic rings. The second-order valence-corrected chi connectivity index (χ2v) is 8.82. The molecule has 30 heavy (non-hydrogen) atoms. The van der Waals surface area contributed by atoms with Crippen LogP contribution in [0.25, 0.3) is 0 Å². The van der Waals surface area contributed by atoms with Crippen LogP contribution in [0.2, 0.25) is 0 Å². The summed E-state index contributed by atoms with van der Waals surface area (Å²) in [5.41, 5.74) is 2.41. The first kappa shape index (κ1) is 21.2. The normalized spacial score (nSPS) is 19.0. The number of methoxy groups -OCH3 is 1. The number of ether oxygens (including phenoxy) is 3. The Morgan fingerprint density at radius 1 is 0.900 bits per heavy atom. The van der Waals surface area contributed by atoms with Crippen LogP contribution >= 0.6 is 0 Å². The molecule has 2 aliphatic rings. The Bertz CT molecular complexity index is 767. The van der Waals surface area contributed by atoms with E-state index in [4.69, 9.17) is 14.2 Å². The maximum absolute atomic E-state index is 6.55. The summed E-state index contributed by atoms with van der Waals surface area (Å²) in [6, 6.07) is 10.5. The van der Waals surface area contributed by atoms with Gasteiger partial charge >= 0.3 is 0 Å². The maximum atomic E-state index is 6.55. The Morgan fingerprint density at radius 2 is 1.63 bits per heavy atom. The molecule has 1 atom stereocenters. The van der Waals surface area contributed by atoms with E-state index in [0.717, 1.165) is 42.9 Å². The number of aromatic nitrogens is 1. The van der Waals surface area contributed by atoms with Crippen molar-refractivity contribution in [2.75, 3.05) is 13.7 Å². The van der Waals surface area contributed by atoms with Gasteiger partial charge in [-0.1, -0.05) is 25.3 Å². The van der Waals surface area contributed by atoms with E-state index in [9.17, 15) is 0 Å². The molecular weight excluding hydrogens is 374 g/mol. The van der Waals surface area contributed by atoms with Crippen LogP contribution in [0.4, 0.5) is 0 Å². The van der Waals surface area contributed by atoms with Gasteiger partial charge in [0.2, 0.25) is 0 Å². The average Bonchev–Trinajstić information content (AvgIpc) is 3.31. The minimum atomic E-state index is 0.00570. The minimum absolute atomic E-state index is 0.00570. The molecule has 0 N–H and O–H groups in total. The van der Waals surface area contributed by atoms with Crippen molar-refractivity contribution in [1.82, 2.24) is 4.98 Å². The molecule has 0 saturated heterocycles. The zero-order valence-corrected chi connectivity index (χ0v) is 18.2. The lowest BCUT2D eigenvalue weighted by Gasteiger charge is -2.26. The van der Waals surface area contributed by atoms with Crippen molar-refractivity contribution in [2.24, 2.45) is 5.92 Å². The molecule has 1 unspecified atom stereocenters. The zero-order chi connectivity index (χ0) is 20.6. The number of benzene rings is 1. The Morgan fingerprint density at radius 3 is 2.37 bits per heavy atom. The lowest BCUT2D eigenvalue weighted by atomic mass is 9.90. The predicted molar refractivity (Wildman–Crippen MR) is 119 cm³/mol. The highest BCUT2D eigenvalue weighted by atomic mass is 16.5. The van der Waals surface area contributed by atoms with Crippen LogP contribution < -0.4 is 9.47 Å². The van der Waals surface area contributed by atoms with E-state index in [-0.39, 0.29) is 6.10 Å². The molecule has 1 aromatic carbocycles. The van der Waals surface area contributed by atoms with Gasteiger partial charge in [0.25, 0.3) is 0 Å². The lowest BCUT2D eigenvalue weighted by Crippen LogP contribution is -2.18. The van der Waals surface area contributed by atoms with Gasteiger partial charge in [-0.05, 0) is 79.8 Å². The van der Waals surface area contributed by atoms with E-state index in [1.807, 2.05) is 18.5 Å². The largest absolute Gasteiger partial charge is 0.493 e. The van der Waals surface area contributed by atoms with Gasteiger partial charge in [-0.15, -0.1) is 0 Å². The first-order valence-electron chi connectivity index (χ1n) is 11.7. The molecule has 4 nitrogen and oxygen atoms in total. The summed E-state index contributed by atoms with van der Waals surface area (Å²) in [6.07, 6.45) is 16.3. The summed E-state index contributed by atoms with van der Waals surface area (Å²) in [4.78, 5) is 4.16. The van der Waals surface area contributed by atoms with Gasteiger partial charge in [0.1, 0.15) is 0 Å².